The van der Waals surface area contributed by atoms with Gasteiger partial charge in [0.1, 0.15) is 12.1 Å². The van der Waals surface area contributed by atoms with Crippen LogP contribution in [0, 0.1) is 0 Å². The molecule has 3 aromatic rings. The number of benzene rings is 2. The Bertz CT molecular complexity index is 983. The van der Waals surface area contributed by atoms with Crippen LogP contribution in [0.5, 0.6) is 5.75 Å². The Labute approximate surface area is 175 Å². The lowest BCUT2D eigenvalue weighted by Gasteiger charge is -2.36. The van der Waals surface area contributed by atoms with E-state index in [9.17, 15) is 9.90 Å². The smallest absolute Gasteiger partial charge is 0.293 e. The number of piperazine rings is 1. The van der Waals surface area contributed by atoms with Crippen molar-refractivity contribution in [1.29, 1.82) is 0 Å². The van der Waals surface area contributed by atoms with Crippen molar-refractivity contribution in [2.75, 3.05) is 38.2 Å². The van der Waals surface area contributed by atoms with Crippen molar-refractivity contribution >= 4 is 11.6 Å². The quantitative estimate of drug-likeness (QED) is 0.673. The Kier molecular flexibility index (Phi) is 5.94. The van der Waals surface area contributed by atoms with Crippen LogP contribution in [0.15, 0.2) is 60.9 Å². The van der Waals surface area contributed by atoms with Gasteiger partial charge < -0.3 is 19.6 Å². The molecule has 2 heterocycles. The van der Waals surface area contributed by atoms with Gasteiger partial charge in [0.25, 0.3) is 5.91 Å². The zero-order chi connectivity index (χ0) is 20.9. The maximum Gasteiger partial charge on any atom is 0.293 e. The Morgan fingerprint density at radius 1 is 1.07 bits per heavy atom. The van der Waals surface area contributed by atoms with Crippen LogP contribution in [0.25, 0.3) is 0 Å². The fraction of sp³-hybridized carbons (Fsp3) is 0.318. The number of aromatic nitrogens is 3. The van der Waals surface area contributed by atoms with E-state index in [-0.39, 0.29) is 18.3 Å². The summed E-state index contributed by atoms with van der Waals surface area (Å²) in [5.74, 6) is 0.790. The van der Waals surface area contributed by atoms with Crippen LogP contribution in [-0.4, -0.2) is 64.0 Å². The lowest BCUT2D eigenvalue weighted by molar-refractivity contribution is 0.0732. The Morgan fingerprint density at radius 3 is 2.50 bits per heavy atom. The number of carbonyl (C=O) groups is 1. The number of carbonyl (C=O) groups excluding carboxylic acids is 1. The molecule has 2 aromatic carbocycles. The first-order valence-corrected chi connectivity index (χ1v) is 9.95. The SMILES string of the molecule is COc1ccccc1N1CCN(C(=O)c2ncn(CC(O)c3ccccc3)n2)CC1. The molecule has 0 spiro atoms. The molecule has 1 unspecified atom stereocenters. The summed E-state index contributed by atoms with van der Waals surface area (Å²) in [6.07, 6.45) is 0.782. The van der Waals surface area contributed by atoms with E-state index in [4.69, 9.17) is 4.74 Å². The number of para-hydroxylation sites is 2. The van der Waals surface area contributed by atoms with Gasteiger partial charge in [0, 0.05) is 26.2 Å². The third-order valence-electron chi connectivity index (χ3n) is 5.26. The number of anilines is 1. The molecule has 1 fully saturated rings. The minimum Gasteiger partial charge on any atom is -0.495 e. The number of amides is 1. The second-order valence-corrected chi connectivity index (χ2v) is 7.17. The lowest BCUT2D eigenvalue weighted by Crippen LogP contribution is -2.49. The first-order chi connectivity index (χ1) is 14.7. The molecule has 0 bridgehead atoms. The Morgan fingerprint density at radius 2 is 1.77 bits per heavy atom. The molecule has 0 radical (unpaired) electrons. The van der Waals surface area contributed by atoms with Crippen LogP contribution in [0.3, 0.4) is 0 Å². The monoisotopic (exact) mass is 407 g/mol. The topological polar surface area (TPSA) is 83.7 Å². The molecule has 0 aliphatic carbocycles. The maximum atomic E-state index is 12.8. The highest BCUT2D eigenvalue weighted by molar-refractivity contribution is 5.90. The minimum absolute atomic E-state index is 0.154. The van der Waals surface area contributed by atoms with Crippen molar-refractivity contribution in [2.45, 2.75) is 12.6 Å². The van der Waals surface area contributed by atoms with Crippen molar-refractivity contribution < 1.29 is 14.6 Å². The molecule has 1 saturated heterocycles. The molecule has 1 aliphatic rings. The Balaban J connectivity index is 1.36. The van der Waals surface area contributed by atoms with Gasteiger partial charge >= 0.3 is 0 Å². The molecule has 1 atom stereocenters. The number of methoxy groups -OCH3 is 1. The zero-order valence-corrected chi connectivity index (χ0v) is 16.9. The second-order valence-electron chi connectivity index (χ2n) is 7.17. The van der Waals surface area contributed by atoms with Gasteiger partial charge in [-0.2, -0.15) is 0 Å². The van der Waals surface area contributed by atoms with Crippen molar-refractivity contribution in [3.05, 3.63) is 72.3 Å². The van der Waals surface area contributed by atoms with E-state index >= 15 is 0 Å². The predicted octanol–water partition coefficient (Wildman–Crippen LogP) is 1.98. The summed E-state index contributed by atoms with van der Waals surface area (Å²) < 4.78 is 6.95. The number of aliphatic hydroxyl groups excluding tert-OH is 1. The van der Waals surface area contributed by atoms with E-state index in [0.717, 1.165) is 17.0 Å². The lowest BCUT2D eigenvalue weighted by atomic mass is 10.1. The van der Waals surface area contributed by atoms with Crippen LogP contribution in [0.2, 0.25) is 0 Å². The van der Waals surface area contributed by atoms with Crippen LogP contribution < -0.4 is 9.64 Å². The summed E-state index contributed by atoms with van der Waals surface area (Å²) in [5, 5.41) is 14.6. The molecule has 8 heteroatoms. The van der Waals surface area contributed by atoms with E-state index < -0.39 is 6.10 Å². The molecular weight excluding hydrogens is 382 g/mol. The Hall–Kier alpha value is -3.39. The summed E-state index contributed by atoms with van der Waals surface area (Å²) in [6.45, 7) is 2.82. The fourth-order valence-corrected chi connectivity index (χ4v) is 3.62. The molecule has 0 saturated carbocycles. The highest BCUT2D eigenvalue weighted by Gasteiger charge is 2.26. The van der Waals surface area contributed by atoms with Crippen LogP contribution >= 0.6 is 0 Å². The van der Waals surface area contributed by atoms with Gasteiger partial charge in [0.15, 0.2) is 0 Å². The zero-order valence-electron chi connectivity index (χ0n) is 16.9. The standard InChI is InChI=1S/C22H25N5O3/c1-30-20-10-6-5-9-18(20)25-11-13-26(14-12-25)22(29)21-23-16-27(24-21)15-19(28)17-7-3-2-4-8-17/h2-10,16,19,28H,11-15H2,1H3. The van der Waals surface area contributed by atoms with Crippen molar-refractivity contribution in [2.24, 2.45) is 0 Å². The van der Waals surface area contributed by atoms with Crippen molar-refractivity contribution in [3.8, 4) is 5.75 Å². The molecular formula is C22H25N5O3. The third-order valence-corrected chi connectivity index (χ3v) is 5.26. The third kappa shape index (κ3) is 4.28. The molecule has 156 valence electrons. The summed E-state index contributed by atoms with van der Waals surface area (Å²) in [6, 6.07) is 17.2. The highest BCUT2D eigenvalue weighted by Crippen LogP contribution is 2.28. The number of ether oxygens (including phenoxy) is 1. The maximum absolute atomic E-state index is 12.8. The van der Waals surface area contributed by atoms with Gasteiger partial charge in [-0.15, -0.1) is 5.10 Å². The second kappa shape index (κ2) is 8.96. The summed E-state index contributed by atoms with van der Waals surface area (Å²) >= 11 is 0. The number of aliphatic hydroxyl groups is 1. The fourth-order valence-electron chi connectivity index (χ4n) is 3.62. The minimum atomic E-state index is -0.708. The van der Waals surface area contributed by atoms with E-state index in [1.54, 1.807) is 12.0 Å². The van der Waals surface area contributed by atoms with Gasteiger partial charge in [-0.25, -0.2) is 9.67 Å². The number of hydrogen-bond acceptors (Lipinski definition) is 6. The van der Waals surface area contributed by atoms with E-state index in [1.807, 2.05) is 54.6 Å². The molecule has 1 aromatic heterocycles. The highest BCUT2D eigenvalue weighted by atomic mass is 16.5. The van der Waals surface area contributed by atoms with Crippen molar-refractivity contribution in [3.63, 3.8) is 0 Å². The summed E-state index contributed by atoms with van der Waals surface area (Å²) in [7, 11) is 1.66. The van der Waals surface area contributed by atoms with Crippen molar-refractivity contribution in [1.82, 2.24) is 19.7 Å². The van der Waals surface area contributed by atoms with Gasteiger partial charge in [-0.1, -0.05) is 42.5 Å². The number of rotatable bonds is 6. The van der Waals surface area contributed by atoms with Gasteiger partial charge in [0.2, 0.25) is 5.82 Å². The molecule has 1 N–H and O–H groups in total. The molecule has 8 nitrogen and oxygen atoms in total. The van der Waals surface area contributed by atoms with Crippen LogP contribution in [0.1, 0.15) is 22.3 Å². The normalized spacial score (nSPS) is 15.1. The van der Waals surface area contributed by atoms with Gasteiger partial charge in [-0.3, -0.25) is 4.79 Å². The first-order valence-electron chi connectivity index (χ1n) is 9.95. The molecule has 30 heavy (non-hydrogen) atoms. The molecule has 4 rings (SSSR count). The van der Waals surface area contributed by atoms with E-state index in [0.29, 0.717) is 26.2 Å². The number of nitrogens with zero attached hydrogens (tertiary/aromatic N) is 5. The van der Waals surface area contributed by atoms with Crippen LogP contribution in [0.4, 0.5) is 5.69 Å². The van der Waals surface area contributed by atoms with Crippen LogP contribution in [-0.2, 0) is 6.54 Å². The van der Waals surface area contributed by atoms with Gasteiger partial charge in [0.05, 0.1) is 25.4 Å². The summed E-state index contributed by atoms with van der Waals surface area (Å²) in [5.41, 5.74) is 1.83. The van der Waals surface area contributed by atoms with Gasteiger partial charge in [-0.05, 0) is 17.7 Å². The average Bonchev–Trinajstić information content (AvgIpc) is 3.27. The average molecular weight is 407 g/mol. The first kappa shape index (κ1) is 19.9. The largest absolute Gasteiger partial charge is 0.495 e. The van der Waals surface area contributed by atoms with E-state index in [2.05, 4.69) is 15.0 Å². The van der Waals surface area contributed by atoms with E-state index in [1.165, 1.54) is 11.0 Å². The predicted molar refractivity (Wildman–Crippen MR) is 113 cm³/mol. The number of hydrogen-bond donors (Lipinski definition) is 1. The summed E-state index contributed by atoms with van der Waals surface area (Å²) in [4.78, 5) is 21.0. The molecule has 1 aliphatic heterocycles. The molecule has 1 amide bonds.